The molecule has 0 spiro atoms. The molecule has 13 heavy (non-hydrogen) atoms. The molecule has 0 amide bonds. The van der Waals surface area contributed by atoms with Gasteiger partial charge in [-0.15, -0.1) is 5.01 Å². The lowest BCUT2D eigenvalue weighted by molar-refractivity contribution is -0.712. The van der Waals surface area contributed by atoms with Crippen molar-refractivity contribution in [2.75, 3.05) is 14.2 Å². The van der Waals surface area contributed by atoms with E-state index in [-0.39, 0.29) is 0 Å². The molecule has 0 saturated heterocycles. The zero-order valence-corrected chi connectivity index (χ0v) is 8.27. The largest absolute Gasteiger partial charge is 0.569 e. The van der Waals surface area contributed by atoms with Gasteiger partial charge in [-0.1, -0.05) is 19.3 Å². The molecule has 1 saturated carbocycles. The van der Waals surface area contributed by atoms with Crippen molar-refractivity contribution in [3.8, 4) is 0 Å². The Labute approximate surface area is 78.5 Å². The summed E-state index contributed by atoms with van der Waals surface area (Å²) in [5.74, 6) is 0. The van der Waals surface area contributed by atoms with Gasteiger partial charge < -0.3 is 10.0 Å². The summed E-state index contributed by atoms with van der Waals surface area (Å²) in [7, 11) is 3.13. The molecule has 0 atom stereocenters. The highest BCUT2D eigenvalue weighted by Gasteiger charge is 2.23. The number of hydrogen-bond donors (Lipinski definition) is 0. The van der Waals surface area contributed by atoms with Crippen molar-refractivity contribution < 1.29 is 9.81 Å². The summed E-state index contributed by atoms with van der Waals surface area (Å²) in [6, 6.07) is 0.324. The molecular formula is C8H17N3O2. The van der Waals surface area contributed by atoms with Crippen LogP contribution in [0.1, 0.15) is 32.1 Å². The summed E-state index contributed by atoms with van der Waals surface area (Å²) < 4.78 is 0. The molecule has 1 fully saturated rings. The Hall–Kier alpha value is -1.00. The van der Waals surface area contributed by atoms with E-state index in [0.717, 1.165) is 12.8 Å². The van der Waals surface area contributed by atoms with Crippen LogP contribution in [0.3, 0.4) is 0 Å². The summed E-state index contributed by atoms with van der Waals surface area (Å²) in [5.41, 5.74) is 0. The molecular weight excluding hydrogens is 170 g/mol. The predicted molar refractivity (Wildman–Crippen MR) is 47.7 cm³/mol. The summed E-state index contributed by atoms with van der Waals surface area (Å²) in [5, 5.41) is 16.1. The van der Waals surface area contributed by atoms with E-state index in [1.165, 1.54) is 26.4 Å². The van der Waals surface area contributed by atoms with Gasteiger partial charge in [-0.3, -0.25) is 0 Å². The molecule has 1 aliphatic rings. The second kappa shape index (κ2) is 4.89. The van der Waals surface area contributed by atoms with Crippen LogP contribution in [-0.4, -0.2) is 30.2 Å². The monoisotopic (exact) mass is 187 g/mol. The third-order valence-corrected chi connectivity index (χ3v) is 2.52. The van der Waals surface area contributed by atoms with Gasteiger partial charge >= 0.3 is 0 Å². The van der Waals surface area contributed by atoms with Gasteiger partial charge in [0.05, 0.1) is 18.1 Å². The van der Waals surface area contributed by atoms with E-state index in [0.29, 0.717) is 11.0 Å². The second-order valence-electron chi connectivity index (χ2n) is 3.38. The molecule has 0 unspecified atom stereocenters. The number of hydrazine groups is 1. The molecule has 0 N–H and O–H groups in total. The van der Waals surface area contributed by atoms with Crippen LogP contribution in [0.25, 0.3) is 0 Å². The fourth-order valence-corrected chi connectivity index (χ4v) is 1.72. The molecule has 0 heterocycles. The van der Waals surface area contributed by atoms with E-state index in [2.05, 4.69) is 10.1 Å². The van der Waals surface area contributed by atoms with Crippen LogP contribution in [0.2, 0.25) is 0 Å². The maximum absolute atomic E-state index is 11.2. The van der Waals surface area contributed by atoms with Gasteiger partial charge in [-0.2, -0.15) is 0 Å². The highest BCUT2D eigenvalue weighted by molar-refractivity contribution is 4.68. The first-order chi connectivity index (χ1) is 6.25. The summed E-state index contributed by atoms with van der Waals surface area (Å²) in [4.78, 5) is 4.94. The first-order valence-corrected chi connectivity index (χ1v) is 4.70. The Morgan fingerprint density at radius 3 is 2.54 bits per heavy atom. The van der Waals surface area contributed by atoms with Crippen LogP contribution in [0, 0.1) is 5.21 Å². The van der Waals surface area contributed by atoms with Gasteiger partial charge in [0.2, 0.25) is 5.28 Å². The van der Waals surface area contributed by atoms with Gasteiger partial charge in [0.15, 0.2) is 0 Å². The van der Waals surface area contributed by atoms with E-state index in [9.17, 15) is 5.21 Å². The highest BCUT2D eigenvalue weighted by atomic mass is 16.7. The van der Waals surface area contributed by atoms with Crippen LogP contribution in [0.5, 0.6) is 0 Å². The Bertz CT molecular complexity index is 178. The summed E-state index contributed by atoms with van der Waals surface area (Å²) in [6.45, 7) is 0. The van der Waals surface area contributed by atoms with E-state index in [4.69, 9.17) is 0 Å². The fraction of sp³-hybridized carbons (Fsp3) is 1.00. The molecule has 0 radical (unpaired) electrons. The number of rotatable bonds is 3. The van der Waals surface area contributed by atoms with Crippen LogP contribution in [0.4, 0.5) is 0 Å². The maximum Gasteiger partial charge on any atom is 0.232 e. The standard InChI is InChI=1S/C8H17N3O2/c1-10(11(12)9-13-2)8-6-4-3-5-7-8/h8H,3-7H2,1-2H3/b11-9-. The highest BCUT2D eigenvalue weighted by Crippen LogP contribution is 2.21. The molecule has 0 aromatic heterocycles. The van der Waals surface area contributed by atoms with E-state index in [1.807, 2.05) is 0 Å². The minimum atomic E-state index is 0.324. The van der Waals surface area contributed by atoms with Crippen molar-refractivity contribution in [2.24, 2.45) is 5.28 Å². The van der Waals surface area contributed by atoms with E-state index in [1.54, 1.807) is 12.1 Å². The zero-order chi connectivity index (χ0) is 9.68. The van der Waals surface area contributed by atoms with Crippen molar-refractivity contribution in [1.82, 2.24) is 5.01 Å². The third-order valence-electron chi connectivity index (χ3n) is 2.52. The van der Waals surface area contributed by atoms with Crippen molar-refractivity contribution in [3.63, 3.8) is 0 Å². The SMILES string of the molecule is CO/N=[N+](\[O-])N(C)C1CCCCC1. The predicted octanol–water partition coefficient (Wildman–Crippen LogP) is 1.69. The van der Waals surface area contributed by atoms with Gasteiger partial charge in [-0.05, 0) is 12.8 Å². The molecule has 1 aliphatic carbocycles. The van der Waals surface area contributed by atoms with Crippen LogP contribution in [0.15, 0.2) is 5.28 Å². The fourth-order valence-electron chi connectivity index (χ4n) is 1.72. The quantitative estimate of drug-likeness (QED) is 0.384. The van der Waals surface area contributed by atoms with Crippen LogP contribution < -0.4 is 0 Å². The van der Waals surface area contributed by atoms with Gasteiger partial charge in [0.1, 0.15) is 7.11 Å². The average molecular weight is 187 g/mol. The minimum absolute atomic E-state index is 0.324. The normalized spacial score (nSPS) is 20.0. The number of nitrogens with zero attached hydrogens (tertiary/aromatic N) is 3. The van der Waals surface area contributed by atoms with Crippen LogP contribution >= 0.6 is 0 Å². The van der Waals surface area contributed by atoms with Gasteiger partial charge in [0, 0.05) is 0 Å². The van der Waals surface area contributed by atoms with Gasteiger partial charge in [-0.25, -0.2) is 0 Å². The lowest BCUT2D eigenvalue weighted by Gasteiger charge is -2.26. The number of hydrogen-bond acceptors (Lipinski definition) is 3. The molecule has 76 valence electrons. The van der Waals surface area contributed by atoms with E-state index < -0.39 is 0 Å². The first kappa shape index (κ1) is 10.1. The summed E-state index contributed by atoms with van der Waals surface area (Å²) >= 11 is 0. The molecule has 5 heteroatoms. The van der Waals surface area contributed by atoms with E-state index >= 15 is 0 Å². The summed E-state index contributed by atoms with van der Waals surface area (Å²) in [6.07, 6.45) is 5.85. The topological polar surface area (TPSA) is 50.9 Å². The zero-order valence-electron chi connectivity index (χ0n) is 8.27. The Morgan fingerprint density at radius 1 is 1.38 bits per heavy atom. The molecule has 0 aromatic carbocycles. The minimum Gasteiger partial charge on any atom is -0.569 e. The molecule has 5 nitrogen and oxygen atoms in total. The Kier molecular flexibility index (Phi) is 3.79. The molecule has 1 rings (SSSR count). The lowest BCUT2D eigenvalue weighted by Crippen LogP contribution is -2.38. The maximum atomic E-state index is 11.2. The van der Waals surface area contributed by atoms with Crippen molar-refractivity contribution >= 4 is 0 Å². The Balaban J connectivity index is 2.44. The Morgan fingerprint density at radius 2 is 2.00 bits per heavy atom. The van der Waals surface area contributed by atoms with Crippen molar-refractivity contribution in [3.05, 3.63) is 5.21 Å². The lowest BCUT2D eigenvalue weighted by atomic mass is 9.95. The molecule has 0 bridgehead atoms. The van der Waals surface area contributed by atoms with Crippen molar-refractivity contribution in [1.29, 1.82) is 0 Å². The smallest absolute Gasteiger partial charge is 0.232 e. The van der Waals surface area contributed by atoms with Crippen LogP contribution in [-0.2, 0) is 4.84 Å². The third kappa shape index (κ3) is 2.75. The van der Waals surface area contributed by atoms with Crippen molar-refractivity contribution in [2.45, 2.75) is 38.1 Å². The first-order valence-electron chi connectivity index (χ1n) is 4.70. The second-order valence-corrected chi connectivity index (χ2v) is 3.38. The average Bonchev–Trinajstić information content (AvgIpc) is 2.18. The molecule has 0 aromatic rings. The molecule has 0 aliphatic heterocycles. The van der Waals surface area contributed by atoms with Gasteiger partial charge in [0.25, 0.3) is 0 Å².